The van der Waals surface area contributed by atoms with E-state index in [1.54, 1.807) is 12.3 Å². The van der Waals surface area contributed by atoms with Crippen LogP contribution in [0.2, 0.25) is 0 Å². The van der Waals surface area contributed by atoms with Crippen molar-refractivity contribution < 1.29 is 19.1 Å². The molecule has 0 bridgehead atoms. The summed E-state index contributed by atoms with van der Waals surface area (Å²) in [5, 5.41) is 15.8. The number of nitrogens with zero attached hydrogens (tertiary/aromatic N) is 2. The highest BCUT2D eigenvalue weighted by Crippen LogP contribution is 2.39. The van der Waals surface area contributed by atoms with E-state index in [9.17, 15) is 19.1 Å². The molecule has 1 aromatic carbocycles. The molecule has 6 nitrogen and oxygen atoms in total. The number of carbonyl (C=O) groups is 2. The molecule has 1 heterocycles. The van der Waals surface area contributed by atoms with Crippen molar-refractivity contribution in [3.05, 3.63) is 48.0 Å². The van der Waals surface area contributed by atoms with Crippen molar-refractivity contribution in [2.24, 2.45) is 5.92 Å². The molecule has 1 unspecified atom stereocenters. The summed E-state index contributed by atoms with van der Waals surface area (Å²) < 4.78 is 15.5. The van der Waals surface area contributed by atoms with E-state index in [2.05, 4.69) is 10.4 Å². The van der Waals surface area contributed by atoms with Gasteiger partial charge in [-0.25, -0.2) is 13.9 Å². The zero-order chi connectivity index (χ0) is 16.6. The summed E-state index contributed by atoms with van der Waals surface area (Å²) in [4.78, 5) is 23.7. The topological polar surface area (TPSA) is 84.2 Å². The number of aliphatic carboxylic acids is 1. The zero-order valence-electron chi connectivity index (χ0n) is 12.5. The lowest BCUT2D eigenvalue weighted by atomic mass is 9.95. The van der Waals surface area contributed by atoms with Crippen molar-refractivity contribution in [2.45, 2.75) is 25.3 Å². The molecule has 1 amide bonds. The molecule has 0 spiro atoms. The highest BCUT2D eigenvalue weighted by Gasteiger charge is 2.48. The van der Waals surface area contributed by atoms with E-state index in [0.29, 0.717) is 0 Å². The van der Waals surface area contributed by atoms with Crippen LogP contribution in [0, 0.1) is 11.7 Å². The smallest absolute Gasteiger partial charge is 0.329 e. The number of aromatic nitrogens is 2. The second-order valence-corrected chi connectivity index (χ2v) is 5.85. The minimum Gasteiger partial charge on any atom is -0.480 e. The standard InChI is InChI=1S/C16H16FN3O3/c1-16(15(22)23,11-4-5-11)19-14(21)10-3-6-13(12(17)9-10)20-8-2-7-18-20/h2-3,6-9,11H,4-5H2,1H3,(H,19,21)(H,22,23). The fraction of sp³-hybridized carbons (Fsp3) is 0.312. The second-order valence-electron chi connectivity index (χ2n) is 5.85. The van der Waals surface area contributed by atoms with E-state index in [-0.39, 0.29) is 17.2 Å². The van der Waals surface area contributed by atoms with Crippen molar-refractivity contribution >= 4 is 11.9 Å². The normalized spacial score (nSPS) is 16.6. The molecule has 3 rings (SSSR count). The van der Waals surface area contributed by atoms with Crippen LogP contribution >= 0.6 is 0 Å². The largest absolute Gasteiger partial charge is 0.480 e. The van der Waals surface area contributed by atoms with Gasteiger partial charge < -0.3 is 10.4 Å². The Balaban J connectivity index is 1.83. The Labute approximate surface area is 131 Å². The van der Waals surface area contributed by atoms with Gasteiger partial charge in [-0.05, 0) is 49.9 Å². The number of carboxylic acids is 1. The fourth-order valence-electron chi connectivity index (χ4n) is 2.54. The molecule has 1 aliphatic rings. The Morgan fingerprint density at radius 1 is 1.43 bits per heavy atom. The number of carboxylic acid groups (broad SMARTS) is 1. The molecule has 0 radical (unpaired) electrons. The van der Waals surface area contributed by atoms with Gasteiger partial charge in [0.15, 0.2) is 0 Å². The van der Waals surface area contributed by atoms with E-state index < -0.39 is 23.2 Å². The van der Waals surface area contributed by atoms with Crippen LogP contribution in [0.15, 0.2) is 36.7 Å². The maximum atomic E-state index is 14.2. The van der Waals surface area contributed by atoms with Crippen LogP contribution in [-0.2, 0) is 4.79 Å². The van der Waals surface area contributed by atoms with Gasteiger partial charge in [0.25, 0.3) is 5.91 Å². The monoisotopic (exact) mass is 317 g/mol. The van der Waals surface area contributed by atoms with Crippen LogP contribution in [0.3, 0.4) is 0 Å². The van der Waals surface area contributed by atoms with Crippen LogP contribution in [0.4, 0.5) is 4.39 Å². The number of amides is 1. The molecule has 1 atom stereocenters. The van der Waals surface area contributed by atoms with Crippen LogP contribution < -0.4 is 5.32 Å². The third kappa shape index (κ3) is 2.81. The summed E-state index contributed by atoms with van der Waals surface area (Å²) >= 11 is 0. The number of benzene rings is 1. The summed E-state index contributed by atoms with van der Waals surface area (Å²) in [5.41, 5.74) is -1.03. The maximum absolute atomic E-state index is 14.2. The Morgan fingerprint density at radius 2 is 2.17 bits per heavy atom. The van der Waals surface area contributed by atoms with Crippen molar-refractivity contribution in [1.29, 1.82) is 0 Å². The summed E-state index contributed by atoms with van der Waals surface area (Å²) in [6.07, 6.45) is 4.63. The van der Waals surface area contributed by atoms with Gasteiger partial charge in [0.2, 0.25) is 0 Å². The number of carbonyl (C=O) groups excluding carboxylic acids is 1. The first-order valence-corrected chi connectivity index (χ1v) is 7.27. The van der Waals surface area contributed by atoms with Gasteiger partial charge in [0.05, 0.1) is 0 Å². The second kappa shape index (κ2) is 5.49. The third-order valence-electron chi connectivity index (χ3n) is 4.17. The third-order valence-corrected chi connectivity index (χ3v) is 4.17. The van der Waals surface area contributed by atoms with Crippen molar-refractivity contribution in [3.8, 4) is 5.69 Å². The van der Waals surface area contributed by atoms with Crippen LogP contribution in [0.25, 0.3) is 5.69 Å². The first-order valence-electron chi connectivity index (χ1n) is 7.27. The minimum atomic E-state index is -1.33. The summed E-state index contributed by atoms with van der Waals surface area (Å²) in [5.74, 6) is -2.38. The van der Waals surface area contributed by atoms with E-state index in [4.69, 9.17) is 0 Å². The maximum Gasteiger partial charge on any atom is 0.329 e. The van der Waals surface area contributed by atoms with Gasteiger partial charge in [-0.15, -0.1) is 0 Å². The van der Waals surface area contributed by atoms with E-state index in [1.807, 2.05) is 0 Å². The molecular weight excluding hydrogens is 301 g/mol. The van der Waals surface area contributed by atoms with Crippen LogP contribution in [0.5, 0.6) is 0 Å². The first-order chi connectivity index (χ1) is 10.9. The highest BCUT2D eigenvalue weighted by molar-refractivity contribution is 5.98. The summed E-state index contributed by atoms with van der Waals surface area (Å²) in [6.45, 7) is 1.49. The molecule has 2 N–H and O–H groups in total. The quantitative estimate of drug-likeness (QED) is 0.883. The predicted octanol–water partition coefficient (Wildman–Crippen LogP) is 1.99. The molecule has 120 valence electrons. The molecule has 0 aliphatic heterocycles. The highest BCUT2D eigenvalue weighted by atomic mass is 19.1. The van der Waals surface area contributed by atoms with Gasteiger partial charge in [0, 0.05) is 18.0 Å². The fourth-order valence-corrected chi connectivity index (χ4v) is 2.54. The van der Waals surface area contributed by atoms with E-state index >= 15 is 0 Å². The lowest BCUT2D eigenvalue weighted by Crippen LogP contribution is -2.54. The van der Waals surface area contributed by atoms with Gasteiger partial charge in [-0.3, -0.25) is 4.79 Å². The molecule has 0 saturated heterocycles. The molecule has 1 saturated carbocycles. The van der Waals surface area contributed by atoms with Crippen molar-refractivity contribution in [2.75, 3.05) is 0 Å². The summed E-state index contributed by atoms with van der Waals surface area (Å²) in [7, 11) is 0. The van der Waals surface area contributed by atoms with Gasteiger partial charge in [-0.1, -0.05) is 0 Å². The van der Waals surface area contributed by atoms with Gasteiger partial charge in [0.1, 0.15) is 17.0 Å². The molecule has 2 aromatic rings. The Hall–Kier alpha value is -2.70. The molecular formula is C16H16FN3O3. The molecule has 23 heavy (non-hydrogen) atoms. The minimum absolute atomic E-state index is 0.0755. The number of rotatable bonds is 5. The molecule has 1 aromatic heterocycles. The van der Waals surface area contributed by atoms with Crippen LogP contribution in [0.1, 0.15) is 30.1 Å². The van der Waals surface area contributed by atoms with Crippen molar-refractivity contribution in [3.63, 3.8) is 0 Å². The van der Waals surface area contributed by atoms with Crippen molar-refractivity contribution in [1.82, 2.24) is 15.1 Å². The molecule has 1 fully saturated rings. The van der Waals surface area contributed by atoms with Gasteiger partial charge in [-0.2, -0.15) is 5.10 Å². The number of halogens is 1. The zero-order valence-corrected chi connectivity index (χ0v) is 12.5. The molecule has 1 aliphatic carbocycles. The summed E-state index contributed by atoms with van der Waals surface area (Å²) in [6, 6.07) is 5.63. The predicted molar refractivity (Wildman–Crippen MR) is 79.8 cm³/mol. The number of nitrogens with one attached hydrogen (secondary N) is 1. The lowest BCUT2D eigenvalue weighted by Gasteiger charge is -2.26. The first kappa shape index (κ1) is 15.2. The van der Waals surface area contributed by atoms with Crippen LogP contribution in [-0.4, -0.2) is 32.3 Å². The van der Waals surface area contributed by atoms with E-state index in [1.165, 1.54) is 29.9 Å². The lowest BCUT2D eigenvalue weighted by molar-refractivity contribution is -0.144. The number of hydrogen-bond acceptors (Lipinski definition) is 3. The van der Waals surface area contributed by atoms with Gasteiger partial charge >= 0.3 is 5.97 Å². The Bertz CT molecular complexity index is 756. The Morgan fingerprint density at radius 3 is 2.70 bits per heavy atom. The SMILES string of the molecule is CC(NC(=O)c1ccc(-n2cccn2)c(F)c1)(C(=O)O)C1CC1. The molecule has 7 heteroatoms. The average molecular weight is 317 g/mol. The number of hydrogen-bond donors (Lipinski definition) is 2. The average Bonchev–Trinajstić information content (AvgIpc) is 3.23. The Kier molecular flexibility index (Phi) is 3.63. The van der Waals surface area contributed by atoms with E-state index in [0.717, 1.165) is 18.9 Å².